The number of amides is 2. The third kappa shape index (κ3) is 7.76. The van der Waals surface area contributed by atoms with Crippen molar-refractivity contribution in [1.82, 2.24) is 10.2 Å². The molecule has 4 rings (SSSR count). The predicted octanol–water partition coefficient (Wildman–Crippen LogP) is 6.06. The standard InChI is InChI=1S/C31H35Cl2N3O5S/c1-22(31(38)34-25-9-4-3-5-10-25)35(20-23-8-6-7-11-29(23)33)30(37)21-36(26-14-12-24(32)13-15-26)42(39,40)28-18-16-27(41-2)17-19-28/h6-8,11-19,22,25H,3-5,9-10,20-21H2,1-2H3,(H,34,38)/t22-/m0/s1. The van der Waals surface area contributed by atoms with Gasteiger partial charge in [-0.2, -0.15) is 0 Å². The molecular weight excluding hydrogens is 597 g/mol. The number of carbonyl (C=O) groups is 2. The van der Waals surface area contributed by atoms with Crippen molar-refractivity contribution in [2.24, 2.45) is 0 Å². The van der Waals surface area contributed by atoms with E-state index in [1.807, 2.05) is 0 Å². The third-order valence-corrected chi connectivity index (χ3v) is 9.87. The highest BCUT2D eigenvalue weighted by molar-refractivity contribution is 7.92. The summed E-state index contributed by atoms with van der Waals surface area (Å²) >= 11 is 12.5. The molecule has 0 spiro atoms. The Kier molecular flexibility index (Phi) is 10.8. The van der Waals surface area contributed by atoms with Crippen molar-refractivity contribution in [3.05, 3.63) is 88.4 Å². The SMILES string of the molecule is COc1ccc(S(=O)(=O)N(CC(=O)N(Cc2ccccc2Cl)[C@@H](C)C(=O)NC2CCCCC2)c2ccc(Cl)cc2)cc1. The molecule has 2 amide bonds. The lowest BCUT2D eigenvalue weighted by atomic mass is 9.95. The maximum Gasteiger partial charge on any atom is 0.264 e. The Labute approximate surface area is 257 Å². The van der Waals surface area contributed by atoms with Crippen LogP contribution in [-0.4, -0.2) is 50.9 Å². The molecule has 3 aromatic carbocycles. The monoisotopic (exact) mass is 631 g/mol. The molecule has 1 N–H and O–H groups in total. The Morgan fingerprint density at radius 2 is 1.60 bits per heavy atom. The van der Waals surface area contributed by atoms with Crippen LogP contribution in [0.5, 0.6) is 5.75 Å². The number of carbonyl (C=O) groups excluding carboxylic acids is 2. The van der Waals surface area contributed by atoms with Gasteiger partial charge in [0.1, 0.15) is 18.3 Å². The van der Waals surface area contributed by atoms with E-state index in [2.05, 4.69) is 5.32 Å². The van der Waals surface area contributed by atoms with E-state index >= 15 is 0 Å². The number of anilines is 1. The fourth-order valence-electron chi connectivity index (χ4n) is 4.97. The fraction of sp³-hybridized carbons (Fsp3) is 0.355. The molecule has 0 aliphatic heterocycles. The van der Waals surface area contributed by atoms with E-state index in [1.165, 1.54) is 48.4 Å². The molecule has 224 valence electrons. The number of nitrogens with zero attached hydrogens (tertiary/aromatic N) is 2. The Bertz CT molecular complexity index is 1480. The fourth-order valence-corrected chi connectivity index (χ4v) is 6.71. The molecule has 1 atom stereocenters. The zero-order chi connectivity index (χ0) is 30.3. The second kappa shape index (κ2) is 14.3. The summed E-state index contributed by atoms with van der Waals surface area (Å²) < 4.78 is 34.1. The van der Waals surface area contributed by atoms with Crippen molar-refractivity contribution in [2.45, 2.75) is 62.6 Å². The van der Waals surface area contributed by atoms with Gasteiger partial charge in [-0.05, 0) is 79.9 Å². The highest BCUT2D eigenvalue weighted by Crippen LogP contribution is 2.28. The minimum Gasteiger partial charge on any atom is -0.497 e. The normalized spacial score (nSPS) is 14.6. The summed E-state index contributed by atoms with van der Waals surface area (Å²) in [5, 5.41) is 3.95. The van der Waals surface area contributed by atoms with E-state index in [0.717, 1.165) is 36.4 Å². The Hall–Kier alpha value is -3.27. The van der Waals surface area contributed by atoms with Crippen LogP contribution in [0.2, 0.25) is 10.0 Å². The molecule has 1 aliphatic rings. The molecule has 1 saturated carbocycles. The number of methoxy groups -OCH3 is 1. The first-order valence-electron chi connectivity index (χ1n) is 13.9. The second-order valence-electron chi connectivity index (χ2n) is 10.3. The van der Waals surface area contributed by atoms with Gasteiger partial charge < -0.3 is 15.0 Å². The van der Waals surface area contributed by atoms with E-state index in [-0.39, 0.29) is 29.1 Å². The minimum absolute atomic E-state index is 0.0215. The lowest BCUT2D eigenvalue weighted by Crippen LogP contribution is -2.53. The summed E-state index contributed by atoms with van der Waals surface area (Å²) in [5.41, 5.74) is 0.890. The topological polar surface area (TPSA) is 96.0 Å². The molecule has 0 unspecified atom stereocenters. The molecule has 1 fully saturated rings. The lowest BCUT2D eigenvalue weighted by molar-refractivity contribution is -0.139. The first-order chi connectivity index (χ1) is 20.1. The summed E-state index contributed by atoms with van der Waals surface area (Å²) in [6.07, 6.45) is 5.01. The Balaban J connectivity index is 1.68. The van der Waals surface area contributed by atoms with Crippen LogP contribution in [0.1, 0.15) is 44.6 Å². The van der Waals surface area contributed by atoms with Crippen molar-refractivity contribution in [2.75, 3.05) is 18.0 Å². The maximum absolute atomic E-state index is 14.1. The van der Waals surface area contributed by atoms with Gasteiger partial charge in [0, 0.05) is 22.6 Å². The van der Waals surface area contributed by atoms with Crippen LogP contribution < -0.4 is 14.4 Å². The summed E-state index contributed by atoms with van der Waals surface area (Å²) in [6.45, 7) is 1.12. The first-order valence-corrected chi connectivity index (χ1v) is 16.1. The van der Waals surface area contributed by atoms with Crippen LogP contribution in [0.25, 0.3) is 0 Å². The summed E-state index contributed by atoms with van der Waals surface area (Å²) in [4.78, 5) is 28.8. The number of benzene rings is 3. The number of sulfonamides is 1. The van der Waals surface area contributed by atoms with Crippen LogP contribution in [0, 0.1) is 0 Å². The van der Waals surface area contributed by atoms with Crippen molar-refractivity contribution in [1.29, 1.82) is 0 Å². The molecular formula is C31H35Cl2N3O5S. The van der Waals surface area contributed by atoms with Gasteiger partial charge >= 0.3 is 0 Å². The summed E-state index contributed by atoms with van der Waals surface area (Å²) in [5.74, 6) is -0.363. The Morgan fingerprint density at radius 1 is 0.952 bits per heavy atom. The van der Waals surface area contributed by atoms with Gasteiger partial charge in [-0.1, -0.05) is 60.7 Å². The molecule has 0 heterocycles. The van der Waals surface area contributed by atoms with Gasteiger partial charge in [-0.25, -0.2) is 8.42 Å². The van der Waals surface area contributed by atoms with Gasteiger partial charge in [0.2, 0.25) is 11.8 Å². The van der Waals surface area contributed by atoms with E-state index in [9.17, 15) is 18.0 Å². The van der Waals surface area contributed by atoms with E-state index < -0.39 is 28.5 Å². The highest BCUT2D eigenvalue weighted by Gasteiger charge is 2.33. The van der Waals surface area contributed by atoms with Crippen LogP contribution >= 0.6 is 23.2 Å². The summed E-state index contributed by atoms with van der Waals surface area (Å²) in [7, 11) is -2.72. The summed E-state index contributed by atoms with van der Waals surface area (Å²) in [6, 6.07) is 18.3. The maximum atomic E-state index is 14.1. The number of hydrogen-bond donors (Lipinski definition) is 1. The average molecular weight is 633 g/mol. The van der Waals surface area contributed by atoms with Crippen molar-refractivity contribution < 1.29 is 22.7 Å². The van der Waals surface area contributed by atoms with Crippen molar-refractivity contribution in [3.63, 3.8) is 0 Å². The number of hydrogen-bond acceptors (Lipinski definition) is 5. The van der Waals surface area contributed by atoms with E-state index in [4.69, 9.17) is 27.9 Å². The van der Waals surface area contributed by atoms with Crippen molar-refractivity contribution >= 4 is 50.7 Å². The zero-order valence-corrected chi connectivity index (χ0v) is 26.0. The number of nitrogens with one attached hydrogen (secondary N) is 1. The minimum atomic E-state index is -4.21. The van der Waals surface area contributed by atoms with Crippen LogP contribution in [-0.2, 0) is 26.2 Å². The quantitative estimate of drug-likeness (QED) is 0.277. The van der Waals surface area contributed by atoms with Crippen LogP contribution in [0.4, 0.5) is 5.69 Å². The molecule has 0 saturated heterocycles. The molecule has 1 aliphatic carbocycles. The lowest BCUT2D eigenvalue weighted by Gasteiger charge is -2.33. The van der Waals surface area contributed by atoms with Gasteiger partial charge in [0.15, 0.2) is 0 Å². The van der Waals surface area contributed by atoms with E-state index in [0.29, 0.717) is 21.4 Å². The zero-order valence-electron chi connectivity index (χ0n) is 23.6. The first kappa shape index (κ1) is 31.7. The predicted molar refractivity (Wildman–Crippen MR) is 165 cm³/mol. The van der Waals surface area contributed by atoms with Gasteiger partial charge in [0.05, 0.1) is 17.7 Å². The van der Waals surface area contributed by atoms with Gasteiger partial charge in [0.25, 0.3) is 10.0 Å². The second-order valence-corrected chi connectivity index (χ2v) is 13.0. The van der Waals surface area contributed by atoms with E-state index in [1.54, 1.807) is 43.3 Å². The molecule has 0 aromatic heterocycles. The Morgan fingerprint density at radius 3 is 2.21 bits per heavy atom. The molecule has 42 heavy (non-hydrogen) atoms. The molecule has 0 bridgehead atoms. The van der Waals surface area contributed by atoms with Gasteiger partial charge in [-0.15, -0.1) is 0 Å². The van der Waals surface area contributed by atoms with Gasteiger partial charge in [-0.3, -0.25) is 13.9 Å². The largest absolute Gasteiger partial charge is 0.497 e. The van der Waals surface area contributed by atoms with Crippen LogP contribution in [0.3, 0.4) is 0 Å². The number of halogens is 2. The third-order valence-electron chi connectivity index (χ3n) is 7.46. The number of ether oxygens (including phenoxy) is 1. The smallest absolute Gasteiger partial charge is 0.264 e. The molecule has 3 aromatic rings. The number of rotatable bonds is 11. The van der Waals surface area contributed by atoms with Crippen LogP contribution in [0.15, 0.2) is 77.7 Å². The molecule has 8 nitrogen and oxygen atoms in total. The van der Waals surface area contributed by atoms with Crippen molar-refractivity contribution in [3.8, 4) is 5.75 Å². The molecule has 11 heteroatoms. The average Bonchev–Trinajstić information content (AvgIpc) is 3.00. The highest BCUT2D eigenvalue weighted by atomic mass is 35.5. The molecule has 0 radical (unpaired) electrons.